The lowest BCUT2D eigenvalue weighted by atomic mass is 9.89. The molecular weight excluding hydrogens is 320 g/mol. The Bertz CT molecular complexity index is 655. The maximum atomic E-state index is 14.1. The number of amides is 1. The van der Waals surface area contributed by atoms with Crippen molar-refractivity contribution in [3.05, 3.63) is 34.9 Å². The van der Waals surface area contributed by atoms with E-state index in [-0.39, 0.29) is 12.1 Å². The molecule has 0 aromatic heterocycles. The zero-order valence-electron chi connectivity index (χ0n) is 13.9. The molecule has 24 heavy (non-hydrogen) atoms. The van der Waals surface area contributed by atoms with Gasteiger partial charge in [-0.3, -0.25) is 0 Å². The molecule has 0 spiro atoms. The van der Waals surface area contributed by atoms with Crippen molar-refractivity contribution in [1.82, 2.24) is 4.90 Å². The second kappa shape index (κ2) is 6.75. The summed E-state index contributed by atoms with van der Waals surface area (Å²) in [6, 6.07) is 1.61. The summed E-state index contributed by atoms with van der Waals surface area (Å²) in [5, 5.41) is 9.00. The van der Waals surface area contributed by atoms with Crippen LogP contribution in [0.3, 0.4) is 0 Å². The van der Waals surface area contributed by atoms with Crippen molar-refractivity contribution < 1.29 is 28.2 Å². The van der Waals surface area contributed by atoms with Crippen molar-refractivity contribution in [3.63, 3.8) is 0 Å². The summed E-state index contributed by atoms with van der Waals surface area (Å²) in [6.45, 7) is 5.96. The molecule has 0 aliphatic carbocycles. The van der Waals surface area contributed by atoms with Crippen molar-refractivity contribution in [2.45, 2.75) is 45.1 Å². The predicted molar refractivity (Wildman–Crippen MR) is 83.1 cm³/mol. The van der Waals surface area contributed by atoms with Gasteiger partial charge < -0.3 is 14.7 Å². The lowest BCUT2D eigenvalue weighted by molar-refractivity contribution is 0.0196. The van der Waals surface area contributed by atoms with Crippen LogP contribution >= 0.6 is 0 Å². The summed E-state index contributed by atoms with van der Waals surface area (Å²) >= 11 is 0. The third kappa shape index (κ3) is 4.21. The number of carbonyl (C=O) groups excluding carboxylic acids is 1. The molecule has 0 bridgehead atoms. The number of carboxylic acid groups (broad SMARTS) is 1. The van der Waals surface area contributed by atoms with Crippen LogP contribution in [-0.2, 0) is 4.74 Å². The second-order valence-electron chi connectivity index (χ2n) is 6.92. The number of hydrogen-bond acceptors (Lipinski definition) is 3. The number of ether oxygens (including phenoxy) is 1. The largest absolute Gasteiger partial charge is 0.478 e. The van der Waals surface area contributed by atoms with Gasteiger partial charge in [-0.15, -0.1) is 0 Å². The minimum Gasteiger partial charge on any atom is -0.478 e. The summed E-state index contributed by atoms with van der Waals surface area (Å²) in [5.41, 5.74) is -1.09. The smallest absolute Gasteiger partial charge is 0.410 e. The first-order valence-electron chi connectivity index (χ1n) is 7.78. The number of rotatable bonds is 2. The normalized spacial score (nSPS) is 18.4. The molecule has 1 amide bonds. The number of piperidine rings is 1. The van der Waals surface area contributed by atoms with Gasteiger partial charge in [0.25, 0.3) is 0 Å². The van der Waals surface area contributed by atoms with Crippen LogP contribution in [0.1, 0.15) is 55.5 Å². The molecule has 1 fully saturated rings. The van der Waals surface area contributed by atoms with Gasteiger partial charge in [-0.2, -0.15) is 0 Å². The van der Waals surface area contributed by atoms with E-state index in [4.69, 9.17) is 9.84 Å². The van der Waals surface area contributed by atoms with Gasteiger partial charge in [0.1, 0.15) is 17.2 Å². The minimum atomic E-state index is -1.45. The zero-order valence-corrected chi connectivity index (χ0v) is 13.9. The van der Waals surface area contributed by atoms with E-state index in [1.54, 1.807) is 20.8 Å². The molecule has 1 atom stereocenters. The minimum absolute atomic E-state index is 0.113. The van der Waals surface area contributed by atoms with Crippen molar-refractivity contribution in [2.75, 3.05) is 13.1 Å². The van der Waals surface area contributed by atoms with Crippen LogP contribution in [0.5, 0.6) is 0 Å². The van der Waals surface area contributed by atoms with E-state index >= 15 is 0 Å². The second-order valence-corrected chi connectivity index (χ2v) is 6.92. The quantitative estimate of drug-likeness (QED) is 0.889. The van der Waals surface area contributed by atoms with Crippen LogP contribution in [0.4, 0.5) is 13.6 Å². The van der Waals surface area contributed by atoms with Crippen molar-refractivity contribution in [2.24, 2.45) is 0 Å². The first kappa shape index (κ1) is 18.2. The highest BCUT2D eigenvalue weighted by Gasteiger charge is 2.30. The van der Waals surface area contributed by atoms with Gasteiger partial charge >= 0.3 is 12.1 Å². The van der Waals surface area contributed by atoms with E-state index in [1.807, 2.05) is 0 Å². The molecule has 132 valence electrons. The third-order valence-electron chi connectivity index (χ3n) is 3.83. The Hall–Kier alpha value is -2.18. The van der Waals surface area contributed by atoms with E-state index in [9.17, 15) is 18.4 Å². The molecule has 1 aromatic carbocycles. The van der Waals surface area contributed by atoms with E-state index in [2.05, 4.69) is 0 Å². The summed E-state index contributed by atoms with van der Waals surface area (Å²) in [4.78, 5) is 24.7. The van der Waals surface area contributed by atoms with Crippen LogP contribution in [0.15, 0.2) is 12.1 Å². The molecule has 1 N–H and O–H groups in total. The van der Waals surface area contributed by atoms with E-state index < -0.39 is 40.8 Å². The first-order chi connectivity index (χ1) is 11.1. The highest BCUT2D eigenvalue weighted by Crippen LogP contribution is 2.31. The number of benzene rings is 1. The van der Waals surface area contributed by atoms with Gasteiger partial charge in [0.05, 0.1) is 5.56 Å². The highest BCUT2D eigenvalue weighted by atomic mass is 19.1. The molecule has 1 aliphatic rings. The fourth-order valence-electron chi connectivity index (χ4n) is 2.77. The van der Waals surface area contributed by atoms with Crippen LogP contribution in [0.2, 0.25) is 0 Å². The molecule has 5 nitrogen and oxygen atoms in total. The number of carboxylic acids is 1. The van der Waals surface area contributed by atoms with Crippen LogP contribution in [-0.4, -0.2) is 40.8 Å². The Kier molecular flexibility index (Phi) is 5.11. The monoisotopic (exact) mass is 341 g/mol. The Morgan fingerprint density at radius 3 is 2.50 bits per heavy atom. The number of halogens is 2. The topological polar surface area (TPSA) is 66.8 Å². The van der Waals surface area contributed by atoms with Gasteiger partial charge in [0.2, 0.25) is 0 Å². The lowest BCUT2D eigenvalue weighted by Gasteiger charge is -2.34. The Morgan fingerprint density at radius 2 is 1.92 bits per heavy atom. The molecule has 2 rings (SSSR count). The Morgan fingerprint density at radius 1 is 1.25 bits per heavy atom. The van der Waals surface area contributed by atoms with Gasteiger partial charge in [-0.1, -0.05) is 0 Å². The van der Waals surface area contributed by atoms with Crippen molar-refractivity contribution in [3.8, 4) is 0 Å². The standard InChI is InChI=1S/C17H21F2NO4/c1-17(2,3)24-16(23)20-6-4-5-10(9-20)11-7-12(15(21)22)14(19)8-13(11)18/h7-8,10H,4-6,9H2,1-3H3,(H,21,22). The zero-order chi connectivity index (χ0) is 18.1. The van der Waals surface area contributed by atoms with Gasteiger partial charge in [-0.25, -0.2) is 18.4 Å². The summed E-state index contributed by atoms with van der Waals surface area (Å²) < 4.78 is 33.0. The molecule has 7 heteroatoms. The van der Waals surface area contributed by atoms with Gasteiger partial charge in [0.15, 0.2) is 0 Å². The maximum absolute atomic E-state index is 14.1. The summed E-state index contributed by atoms with van der Waals surface area (Å²) in [7, 11) is 0. The third-order valence-corrected chi connectivity index (χ3v) is 3.83. The van der Waals surface area contributed by atoms with Crippen LogP contribution < -0.4 is 0 Å². The van der Waals surface area contributed by atoms with Crippen LogP contribution in [0.25, 0.3) is 0 Å². The maximum Gasteiger partial charge on any atom is 0.410 e. The number of nitrogens with zero attached hydrogens (tertiary/aromatic N) is 1. The van der Waals surface area contributed by atoms with E-state index in [1.165, 1.54) is 4.90 Å². The molecule has 1 heterocycles. The Balaban J connectivity index is 2.22. The molecule has 1 saturated heterocycles. The highest BCUT2D eigenvalue weighted by molar-refractivity contribution is 5.88. The predicted octanol–water partition coefficient (Wildman–Crippen LogP) is 3.78. The van der Waals surface area contributed by atoms with Crippen molar-refractivity contribution in [1.29, 1.82) is 0 Å². The lowest BCUT2D eigenvalue weighted by Crippen LogP contribution is -2.42. The number of hydrogen-bond donors (Lipinski definition) is 1. The van der Waals surface area contributed by atoms with Crippen molar-refractivity contribution >= 4 is 12.1 Å². The Labute approximate surface area is 139 Å². The number of likely N-dealkylation sites (tertiary alicyclic amines) is 1. The summed E-state index contributed by atoms with van der Waals surface area (Å²) in [6.07, 6.45) is 0.720. The molecular formula is C17H21F2NO4. The summed E-state index contributed by atoms with van der Waals surface area (Å²) in [5.74, 6) is -3.75. The van der Waals surface area contributed by atoms with E-state index in [0.29, 0.717) is 25.5 Å². The first-order valence-corrected chi connectivity index (χ1v) is 7.78. The van der Waals surface area contributed by atoms with Gasteiger partial charge in [0, 0.05) is 25.1 Å². The van der Waals surface area contributed by atoms with Crippen LogP contribution in [0, 0.1) is 11.6 Å². The SMILES string of the molecule is CC(C)(C)OC(=O)N1CCCC(c2cc(C(=O)O)c(F)cc2F)C1. The number of aromatic carboxylic acids is 1. The average Bonchev–Trinajstić information content (AvgIpc) is 2.45. The van der Waals surface area contributed by atoms with E-state index in [0.717, 1.165) is 6.07 Å². The molecule has 1 aliphatic heterocycles. The number of carbonyl (C=O) groups is 2. The van der Waals surface area contributed by atoms with Gasteiger partial charge in [-0.05, 0) is 45.2 Å². The average molecular weight is 341 g/mol. The molecule has 1 unspecified atom stereocenters. The fourth-order valence-corrected chi connectivity index (χ4v) is 2.77. The molecule has 0 saturated carbocycles. The molecule has 1 aromatic rings. The molecule has 0 radical (unpaired) electrons. The fraction of sp³-hybridized carbons (Fsp3) is 0.529.